The Morgan fingerprint density at radius 2 is 1.73 bits per heavy atom. The molecule has 0 spiro atoms. The van der Waals surface area contributed by atoms with Crippen molar-refractivity contribution in [3.05, 3.63) is 85.2 Å². The highest BCUT2D eigenvalue weighted by Gasteiger charge is 2.23. The third kappa shape index (κ3) is 2.79. The highest BCUT2D eigenvalue weighted by atomic mass is 79.9. The molecule has 2 aromatic carbocycles. The van der Waals surface area contributed by atoms with Crippen LogP contribution >= 0.6 is 15.9 Å². The normalized spacial score (nSPS) is 11.6. The molecule has 0 aliphatic carbocycles. The van der Waals surface area contributed by atoms with Crippen LogP contribution in [0.3, 0.4) is 0 Å². The second-order valence-electron chi connectivity index (χ2n) is 6.87. The number of hydrogen-bond donors (Lipinski definition) is 1. The Morgan fingerprint density at radius 3 is 2.43 bits per heavy atom. The fourth-order valence-electron chi connectivity index (χ4n) is 3.55. The minimum Gasteiger partial charge on any atom is -0.298 e. The number of halogens is 2. The monoisotopic (exact) mass is 468 g/mol. The van der Waals surface area contributed by atoms with Gasteiger partial charge in [-0.15, -0.1) is 10.2 Å². The van der Waals surface area contributed by atoms with Crippen LogP contribution in [0.25, 0.3) is 28.3 Å². The summed E-state index contributed by atoms with van der Waals surface area (Å²) in [7, 11) is 1.58. The van der Waals surface area contributed by atoms with E-state index in [4.69, 9.17) is 0 Å². The molecule has 1 N–H and O–H groups in total. The molecule has 30 heavy (non-hydrogen) atoms. The maximum absolute atomic E-state index is 13.3. The number of benzene rings is 2. The van der Waals surface area contributed by atoms with Gasteiger partial charge in [0.2, 0.25) is 5.78 Å². The van der Waals surface area contributed by atoms with E-state index >= 15 is 0 Å². The zero-order valence-electron chi connectivity index (χ0n) is 15.6. The highest BCUT2D eigenvalue weighted by molar-refractivity contribution is 9.10. The number of imidazole rings is 1. The van der Waals surface area contributed by atoms with Crippen LogP contribution in [0.15, 0.2) is 62.6 Å². The molecule has 5 rings (SSSR count). The Kier molecular flexibility index (Phi) is 4.17. The molecule has 3 aromatic heterocycles. The molecule has 0 saturated heterocycles. The lowest BCUT2D eigenvalue weighted by molar-refractivity contribution is 0.626. The van der Waals surface area contributed by atoms with Gasteiger partial charge in [0.1, 0.15) is 5.82 Å². The van der Waals surface area contributed by atoms with Crippen molar-refractivity contribution < 1.29 is 4.39 Å². The predicted octanol–water partition coefficient (Wildman–Crippen LogP) is 2.69. The Bertz CT molecular complexity index is 1530. The molecule has 5 aromatic rings. The zero-order chi connectivity index (χ0) is 21.0. The van der Waals surface area contributed by atoms with E-state index < -0.39 is 11.2 Å². The summed E-state index contributed by atoms with van der Waals surface area (Å²) in [6.07, 6.45) is 0. The Hall–Kier alpha value is -3.53. The van der Waals surface area contributed by atoms with Gasteiger partial charge in [-0.2, -0.15) is 0 Å². The van der Waals surface area contributed by atoms with Crippen molar-refractivity contribution in [2.45, 2.75) is 6.54 Å². The molecule has 8 nitrogen and oxygen atoms in total. The molecule has 0 fully saturated rings. The molecule has 150 valence electrons. The van der Waals surface area contributed by atoms with Crippen molar-refractivity contribution >= 4 is 32.9 Å². The fraction of sp³-hybridized carbons (Fsp3) is 0.100. The SMILES string of the molecule is Cn1c(=O)[nH]c(=O)c2c1n1c(-c3ccc(Br)cc3)nnc1n2Cc1ccc(F)cc1. The third-order valence-electron chi connectivity index (χ3n) is 5.00. The van der Waals surface area contributed by atoms with E-state index in [1.807, 2.05) is 24.3 Å². The first-order chi connectivity index (χ1) is 14.4. The van der Waals surface area contributed by atoms with E-state index in [-0.39, 0.29) is 17.9 Å². The number of H-pyrrole nitrogens is 1. The van der Waals surface area contributed by atoms with Gasteiger partial charge in [-0.1, -0.05) is 40.2 Å². The van der Waals surface area contributed by atoms with Crippen molar-refractivity contribution in [3.63, 3.8) is 0 Å². The van der Waals surface area contributed by atoms with Crippen LogP contribution in [0.2, 0.25) is 0 Å². The number of nitrogens with one attached hydrogen (secondary N) is 1. The van der Waals surface area contributed by atoms with Crippen molar-refractivity contribution in [2.24, 2.45) is 7.05 Å². The zero-order valence-corrected chi connectivity index (χ0v) is 17.2. The number of aromatic amines is 1. The van der Waals surface area contributed by atoms with Gasteiger partial charge in [-0.05, 0) is 29.8 Å². The van der Waals surface area contributed by atoms with Crippen LogP contribution in [0.1, 0.15) is 5.56 Å². The van der Waals surface area contributed by atoms with Crippen LogP contribution in [0.4, 0.5) is 4.39 Å². The quantitative estimate of drug-likeness (QED) is 0.440. The molecule has 0 radical (unpaired) electrons. The number of aryl methyl sites for hydroxylation is 1. The summed E-state index contributed by atoms with van der Waals surface area (Å²) in [5.74, 6) is 0.557. The Morgan fingerprint density at radius 1 is 1.03 bits per heavy atom. The first-order valence-electron chi connectivity index (χ1n) is 9.01. The molecule has 0 aliphatic rings. The summed E-state index contributed by atoms with van der Waals surface area (Å²) < 4.78 is 19.0. The minimum atomic E-state index is -0.538. The number of rotatable bonds is 3. The van der Waals surface area contributed by atoms with Gasteiger partial charge < -0.3 is 0 Å². The standard InChI is InChI=1S/C20H14BrFN6O2/c1-26-18-15(17(29)23-20(26)30)27(10-11-2-8-14(22)9-3-11)19-25-24-16(28(18)19)12-4-6-13(21)7-5-12/h2-9H,10H2,1H3,(H,23,29,30). The van der Waals surface area contributed by atoms with E-state index in [0.29, 0.717) is 17.2 Å². The molecule has 10 heteroatoms. The van der Waals surface area contributed by atoms with Gasteiger partial charge in [0, 0.05) is 17.1 Å². The van der Waals surface area contributed by atoms with Gasteiger partial charge in [-0.3, -0.25) is 18.9 Å². The van der Waals surface area contributed by atoms with E-state index in [9.17, 15) is 14.0 Å². The van der Waals surface area contributed by atoms with E-state index in [2.05, 4.69) is 31.1 Å². The lowest BCUT2D eigenvalue weighted by Gasteiger charge is -2.05. The van der Waals surface area contributed by atoms with Crippen LogP contribution in [-0.2, 0) is 13.6 Å². The van der Waals surface area contributed by atoms with Crippen LogP contribution < -0.4 is 11.2 Å². The van der Waals surface area contributed by atoms with Crippen molar-refractivity contribution in [1.82, 2.24) is 28.7 Å². The summed E-state index contributed by atoms with van der Waals surface area (Å²) in [4.78, 5) is 27.4. The van der Waals surface area contributed by atoms with Crippen molar-refractivity contribution in [2.75, 3.05) is 0 Å². The molecule has 0 amide bonds. The smallest absolute Gasteiger partial charge is 0.298 e. The second-order valence-corrected chi connectivity index (χ2v) is 7.78. The molecule has 0 bridgehead atoms. The van der Waals surface area contributed by atoms with E-state index in [0.717, 1.165) is 15.6 Å². The average Bonchev–Trinajstić information content (AvgIpc) is 3.28. The maximum atomic E-state index is 13.3. The van der Waals surface area contributed by atoms with Gasteiger partial charge >= 0.3 is 5.69 Å². The van der Waals surface area contributed by atoms with Crippen LogP contribution in [-0.4, -0.2) is 28.7 Å². The summed E-state index contributed by atoms with van der Waals surface area (Å²) in [5.41, 5.74) is 1.15. The lowest BCUT2D eigenvalue weighted by atomic mass is 10.2. The fourth-order valence-corrected chi connectivity index (χ4v) is 3.81. The van der Waals surface area contributed by atoms with Crippen molar-refractivity contribution in [3.8, 4) is 11.4 Å². The predicted molar refractivity (Wildman–Crippen MR) is 113 cm³/mol. The summed E-state index contributed by atoms with van der Waals surface area (Å²) in [5, 5.41) is 8.61. The first kappa shape index (κ1) is 18.5. The molecular formula is C20H14BrFN6O2. The topological polar surface area (TPSA) is 90.0 Å². The number of hydrogen-bond acceptors (Lipinski definition) is 4. The Balaban J connectivity index is 1.86. The molecule has 0 saturated carbocycles. The largest absolute Gasteiger partial charge is 0.329 e. The van der Waals surface area contributed by atoms with Gasteiger partial charge in [-0.25, -0.2) is 13.6 Å². The molecule has 0 aliphatic heterocycles. The first-order valence-corrected chi connectivity index (χ1v) is 9.80. The summed E-state index contributed by atoms with van der Waals surface area (Å²) in [6.45, 7) is 0.257. The van der Waals surface area contributed by atoms with Gasteiger partial charge in [0.25, 0.3) is 5.56 Å². The maximum Gasteiger partial charge on any atom is 0.329 e. The Labute approximate surface area is 176 Å². The number of fused-ring (bicyclic) bond motifs is 3. The van der Waals surface area contributed by atoms with Gasteiger partial charge in [0.15, 0.2) is 17.0 Å². The second kappa shape index (κ2) is 6.77. The summed E-state index contributed by atoms with van der Waals surface area (Å²) >= 11 is 3.41. The van der Waals surface area contributed by atoms with Crippen LogP contribution in [0, 0.1) is 5.82 Å². The highest BCUT2D eigenvalue weighted by Crippen LogP contribution is 2.26. The minimum absolute atomic E-state index is 0.257. The van der Waals surface area contributed by atoms with Gasteiger partial charge in [0.05, 0.1) is 6.54 Å². The molecule has 0 atom stereocenters. The van der Waals surface area contributed by atoms with E-state index in [1.165, 1.54) is 16.7 Å². The average molecular weight is 469 g/mol. The lowest BCUT2D eigenvalue weighted by Crippen LogP contribution is -2.29. The molecule has 3 heterocycles. The summed E-state index contributed by atoms with van der Waals surface area (Å²) in [6, 6.07) is 13.5. The number of nitrogens with zero attached hydrogens (tertiary/aromatic N) is 5. The number of aromatic nitrogens is 6. The van der Waals surface area contributed by atoms with Crippen molar-refractivity contribution in [1.29, 1.82) is 0 Å². The van der Waals surface area contributed by atoms with Crippen LogP contribution in [0.5, 0.6) is 0 Å². The third-order valence-corrected chi connectivity index (χ3v) is 5.52. The van der Waals surface area contributed by atoms with E-state index in [1.54, 1.807) is 28.1 Å². The molecule has 0 unspecified atom stereocenters. The molecular weight excluding hydrogens is 455 g/mol.